The van der Waals surface area contributed by atoms with E-state index in [0.29, 0.717) is 0 Å². The lowest BCUT2D eigenvalue weighted by atomic mass is 9.97. The van der Waals surface area contributed by atoms with E-state index in [2.05, 4.69) is 0 Å². The van der Waals surface area contributed by atoms with E-state index in [1.165, 1.54) is 0 Å². The lowest BCUT2D eigenvalue weighted by molar-refractivity contribution is -0.291. The van der Waals surface area contributed by atoms with Crippen LogP contribution in [0.4, 0.5) is 0 Å². The Balaban J connectivity index is 3.07. The Bertz CT molecular complexity index is 496. The fourth-order valence-corrected chi connectivity index (χ4v) is 3.10. The van der Waals surface area contributed by atoms with Gasteiger partial charge in [0.05, 0.1) is 24.9 Å². The summed E-state index contributed by atoms with van der Waals surface area (Å²) >= 11 is 0. The van der Waals surface area contributed by atoms with Crippen LogP contribution in [-0.2, 0) is 29.3 Å². The van der Waals surface area contributed by atoms with Crippen LogP contribution in [0.5, 0.6) is 0 Å². The highest BCUT2D eigenvalue weighted by atomic mass is 32.2. The first-order chi connectivity index (χ1) is 11.4. The second-order valence-corrected chi connectivity index (χ2v) is 8.05. The highest BCUT2D eigenvalue weighted by Gasteiger charge is 2.48. The molecule has 1 heterocycles. The molecule has 3 N–H and O–H groups in total. The van der Waals surface area contributed by atoms with Crippen molar-refractivity contribution in [3.63, 3.8) is 0 Å². The molecule has 25 heavy (non-hydrogen) atoms. The number of ether oxygens (including phenoxy) is 4. The van der Waals surface area contributed by atoms with Crippen molar-refractivity contribution in [1.29, 1.82) is 0 Å². The summed E-state index contributed by atoms with van der Waals surface area (Å²) < 4.78 is 56.3. The molecule has 0 spiro atoms. The SMILES string of the molecule is CC(C)OCC1O[C@@H](OC(C)C)C(NS(=O)(=O)O)[C@@H](O)[C@@H]1OC(C)C. The van der Waals surface area contributed by atoms with Gasteiger partial charge in [0.2, 0.25) is 0 Å². The molecule has 1 rings (SSSR count). The molecule has 0 radical (unpaired) electrons. The predicted molar refractivity (Wildman–Crippen MR) is 90.5 cm³/mol. The molecule has 150 valence electrons. The summed E-state index contributed by atoms with van der Waals surface area (Å²) in [6.07, 6.45) is -4.52. The fraction of sp³-hybridized carbons (Fsp3) is 1.00. The molecular weight excluding hydrogens is 354 g/mol. The topological polar surface area (TPSA) is 124 Å². The lowest BCUT2D eigenvalue weighted by Gasteiger charge is -2.45. The van der Waals surface area contributed by atoms with Gasteiger partial charge >= 0.3 is 10.3 Å². The third kappa shape index (κ3) is 7.83. The third-order valence-corrected chi connectivity index (χ3v) is 3.96. The van der Waals surface area contributed by atoms with Crippen molar-refractivity contribution in [2.24, 2.45) is 0 Å². The summed E-state index contributed by atoms with van der Waals surface area (Å²) in [6.45, 7) is 10.9. The van der Waals surface area contributed by atoms with Gasteiger partial charge in [0.1, 0.15) is 24.4 Å². The van der Waals surface area contributed by atoms with Crippen LogP contribution >= 0.6 is 0 Å². The molecule has 0 aromatic rings. The summed E-state index contributed by atoms with van der Waals surface area (Å²) in [5.41, 5.74) is 0. The largest absolute Gasteiger partial charge is 0.388 e. The van der Waals surface area contributed by atoms with Crippen LogP contribution in [0, 0.1) is 0 Å². The van der Waals surface area contributed by atoms with Crippen LogP contribution in [0.2, 0.25) is 0 Å². The van der Waals surface area contributed by atoms with Gasteiger partial charge in [-0.3, -0.25) is 4.55 Å². The minimum Gasteiger partial charge on any atom is -0.388 e. The quantitative estimate of drug-likeness (QED) is 0.490. The molecule has 0 bridgehead atoms. The zero-order valence-corrected chi connectivity index (χ0v) is 16.4. The molecule has 2 unspecified atom stereocenters. The number of hydrogen-bond acceptors (Lipinski definition) is 7. The van der Waals surface area contributed by atoms with Crippen molar-refractivity contribution in [1.82, 2.24) is 4.72 Å². The Morgan fingerprint density at radius 2 is 1.60 bits per heavy atom. The second-order valence-electron chi connectivity index (χ2n) is 6.87. The van der Waals surface area contributed by atoms with Crippen LogP contribution in [-0.4, -0.2) is 73.6 Å². The Morgan fingerprint density at radius 1 is 1.04 bits per heavy atom. The van der Waals surface area contributed by atoms with Gasteiger partial charge in [-0.15, -0.1) is 0 Å². The maximum atomic E-state index is 11.3. The van der Waals surface area contributed by atoms with E-state index < -0.39 is 40.9 Å². The molecule has 1 aliphatic heterocycles. The lowest BCUT2D eigenvalue weighted by Crippen LogP contribution is -2.66. The predicted octanol–water partition coefficient (Wildman–Crippen LogP) is 0.477. The van der Waals surface area contributed by atoms with Gasteiger partial charge in [0.15, 0.2) is 6.29 Å². The summed E-state index contributed by atoms with van der Waals surface area (Å²) in [7, 11) is -4.58. The third-order valence-electron chi connectivity index (χ3n) is 3.39. The van der Waals surface area contributed by atoms with E-state index in [1.54, 1.807) is 27.7 Å². The Hall–Kier alpha value is -0.330. The summed E-state index contributed by atoms with van der Waals surface area (Å²) in [4.78, 5) is 0. The molecule has 0 aromatic heterocycles. The molecule has 0 aromatic carbocycles. The molecule has 10 heteroatoms. The average Bonchev–Trinajstić information content (AvgIpc) is 2.42. The van der Waals surface area contributed by atoms with Crippen molar-refractivity contribution >= 4 is 10.3 Å². The normalized spacial score (nSPS) is 31.2. The molecule has 0 aliphatic carbocycles. The Labute approximate surface area is 149 Å². The average molecular weight is 385 g/mol. The summed E-state index contributed by atoms with van der Waals surface area (Å²) in [6, 6.07) is -1.23. The van der Waals surface area contributed by atoms with E-state index in [1.807, 2.05) is 18.6 Å². The van der Waals surface area contributed by atoms with Gasteiger partial charge in [-0.1, -0.05) is 0 Å². The first-order valence-corrected chi connectivity index (χ1v) is 9.85. The van der Waals surface area contributed by atoms with E-state index in [9.17, 15) is 13.5 Å². The number of nitrogens with one attached hydrogen (secondary N) is 1. The Kier molecular flexibility index (Phi) is 8.69. The number of rotatable bonds is 9. The minimum atomic E-state index is -4.58. The van der Waals surface area contributed by atoms with Gasteiger partial charge in [0, 0.05) is 0 Å². The number of aliphatic hydroxyl groups excluding tert-OH is 1. The molecule has 1 aliphatic rings. The monoisotopic (exact) mass is 385 g/mol. The molecular formula is C15H31NO8S. The zero-order chi connectivity index (χ0) is 19.4. The van der Waals surface area contributed by atoms with Crippen molar-refractivity contribution in [2.75, 3.05) is 6.61 Å². The Morgan fingerprint density at radius 3 is 2.04 bits per heavy atom. The van der Waals surface area contributed by atoms with Crippen molar-refractivity contribution in [3.8, 4) is 0 Å². The molecule has 1 saturated heterocycles. The van der Waals surface area contributed by atoms with Crippen molar-refractivity contribution < 1.29 is 37.0 Å². The van der Waals surface area contributed by atoms with E-state index in [0.717, 1.165) is 0 Å². The smallest absolute Gasteiger partial charge is 0.333 e. The summed E-state index contributed by atoms with van der Waals surface area (Å²) in [5, 5.41) is 10.7. The van der Waals surface area contributed by atoms with Gasteiger partial charge in [-0.05, 0) is 41.5 Å². The number of aliphatic hydroxyl groups is 1. The van der Waals surface area contributed by atoms with Crippen LogP contribution in [0.3, 0.4) is 0 Å². The van der Waals surface area contributed by atoms with Crippen LogP contribution in [0.15, 0.2) is 0 Å². The highest BCUT2D eigenvalue weighted by molar-refractivity contribution is 7.83. The van der Waals surface area contributed by atoms with Gasteiger partial charge in [-0.25, -0.2) is 0 Å². The minimum absolute atomic E-state index is 0.0569. The fourth-order valence-electron chi connectivity index (χ4n) is 2.51. The van der Waals surface area contributed by atoms with Crippen molar-refractivity contribution in [2.45, 2.75) is 90.5 Å². The van der Waals surface area contributed by atoms with Crippen LogP contribution < -0.4 is 4.72 Å². The zero-order valence-electron chi connectivity index (χ0n) is 15.6. The first kappa shape index (κ1) is 22.7. The van der Waals surface area contributed by atoms with Gasteiger partial charge in [-0.2, -0.15) is 13.1 Å². The van der Waals surface area contributed by atoms with Crippen LogP contribution in [0.25, 0.3) is 0 Å². The van der Waals surface area contributed by atoms with E-state index >= 15 is 0 Å². The van der Waals surface area contributed by atoms with E-state index in [-0.39, 0.29) is 24.9 Å². The molecule has 0 amide bonds. The molecule has 0 saturated carbocycles. The van der Waals surface area contributed by atoms with Gasteiger partial charge in [0.25, 0.3) is 0 Å². The van der Waals surface area contributed by atoms with Crippen molar-refractivity contribution in [3.05, 3.63) is 0 Å². The summed E-state index contributed by atoms with van der Waals surface area (Å²) in [5.74, 6) is 0. The number of hydrogen-bond donors (Lipinski definition) is 3. The molecule has 5 atom stereocenters. The maximum absolute atomic E-state index is 11.3. The van der Waals surface area contributed by atoms with Crippen LogP contribution in [0.1, 0.15) is 41.5 Å². The molecule has 9 nitrogen and oxygen atoms in total. The highest BCUT2D eigenvalue weighted by Crippen LogP contribution is 2.27. The van der Waals surface area contributed by atoms with Gasteiger partial charge < -0.3 is 24.1 Å². The first-order valence-electron chi connectivity index (χ1n) is 8.41. The second kappa shape index (κ2) is 9.56. The maximum Gasteiger partial charge on any atom is 0.333 e. The van der Waals surface area contributed by atoms with E-state index in [4.69, 9.17) is 23.5 Å². The molecule has 1 fully saturated rings. The standard InChI is InChI=1S/C15H31NO8S/c1-8(2)21-7-11-14(22-9(3)4)13(17)12(16-25(18,19)20)15(24-11)23-10(5)6/h8-17H,7H2,1-6H3,(H,18,19,20)/t11?,12?,13-,14-,15-/m1/s1.